The Morgan fingerprint density at radius 2 is 1.92 bits per heavy atom. The standard InChI is InChI=1S/C18H13F3O3S/c1-10-4-2-5-11(8-10)25-15-7-3-6-14-12(15)9-13(17(22)23)16(24-14)18(19,20)21/h2-9,16H,1H3,(H,22,23). The van der Waals surface area contributed by atoms with E-state index in [1.54, 1.807) is 12.1 Å². The molecule has 25 heavy (non-hydrogen) atoms. The van der Waals surface area contributed by atoms with Crippen LogP contribution in [0.5, 0.6) is 5.75 Å². The first-order valence-electron chi connectivity index (χ1n) is 7.31. The fourth-order valence-electron chi connectivity index (χ4n) is 2.50. The number of hydrogen-bond acceptors (Lipinski definition) is 3. The minimum atomic E-state index is -4.80. The highest BCUT2D eigenvalue weighted by atomic mass is 32.2. The quantitative estimate of drug-likeness (QED) is 0.836. The molecule has 7 heteroatoms. The highest BCUT2D eigenvalue weighted by Crippen LogP contribution is 2.42. The van der Waals surface area contributed by atoms with Gasteiger partial charge in [-0.25, -0.2) is 4.79 Å². The van der Waals surface area contributed by atoms with Gasteiger partial charge in [-0.2, -0.15) is 13.2 Å². The van der Waals surface area contributed by atoms with E-state index in [0.717, 1.165) is 16.5 Å². The molecule has 1 heterocycles. The van der Waals surface area contributed by atoms with E-state index in [0.29, 0.717) is 10.5 Å². The van der Waals surface area contributed by atoms with E-state index < -0.39 is 23.8 Å². The second kappa shape index (κ2) is 6.48. The molecule has 0 bridgehead atoms. The number of benzene rings is 2. The zero-order valence-electron chi connectivity index (χ0n) is 13.0. The van der Waals surface area contributed by atoms with Crippen LogP contribution in [0.2, 0.25) is 0 Å². The van der Waals surface area contributed by atoms with Crippen LogP contribution in [0.4, 0.5) is 13.2 Å². The van der Waals surface area contributed by atoms with Gasteiger partial charge in [-0.05, 0) is 37.3 Å². The van der Waals surface area contributed by atoms with Gasteiger partial charge in [-0.15, -0.1) is 0 Å². The van der Waals surface area contributed by atoms with Gasteiger partial charge >= 0.3 is 12.1 Å². The summed E-state index contributed by atoms with van der Waals surface area (Å²) in [6.45, 7) is 1.93. The molecule has 1 aliphatic rings. The first-order valence-corrected chi connectivity index (χ1v) is 8.13. The summed E-state index contributed by atoms with van der Waals surface area (Å²) < 4.78 is 44.3. The fraction of sp³-hybridized carbons (Fsp3) is 0.167. The number of rotatable bonds is 3. The summed E-state index contributed by atoms with van der Waals surface area (Å²) in [6.07, 6.45) is -6.23. The number of halogens is 3. The Hall–Kier alpha value is -2.41. The lowest BCUT2D eigenvalue weighted by atomic mass is 10.0. The molecule has 2 aromatic rings. The first kappa shape index (κ1) is 17.4. The van der Waals surface area contributed by atoms with Crippen molar-refractivity contribution in [2.45, 2.75) is 29.0 Å². The summed E-state index contributed by atoms with van der Waals surface area (Å²) in [6, 6.07) is 12.3. The van der Waals surface area contributed by atoms with E-state index in [1.165, 1.54) is 17.8 Å². The lowest BCUT2D eigenvalue weighted by Crippen LogP contribution is -2.40. The molecule has 1 N–H and O–H groups in total. The number of alkyl halides is 3. The van der Waals surface area contributed by atoms with Gasteiger partial charge in [0.25, 0.3) is 0 Å². The molecule has 0 aromatic heterocycles. The third kappa shape index (κ3) is 3.66. The van der Waals surface area contributed by atoms with E-state index in [4.69, 9.17) is 9.84 Å². The van der Waals surface area contributed by atoms with Crippen molar-refractivity contribution in [3.63, 3.8) is 0 Å². The van der Waals surface area contributed by atoms with Gasteiger partial charge in [-0.1, -0.05) is 35.5 Å². The van der Waals surface area contributed by atoms with Crippen LogP contribution < -0.4 is 4.74 Å². The third-order valence-electron chi connectivity index (χ3n) is 3.61. The molecule has 1 atom stereocenters. The van der Waals surface area contributed by atoms with Crippen LogP contribution in [0, 0.1) is 6.92 Å². The van der Waals surface area contributed by atoms with Crippen molar-refractivity contribution in [3.8, 4) is 5.75 Å². The van der Waals surface area contributed by atoms with E-state index >= 15 is 0 Å². The minimum absolute atomic E-state index is 0.0185. The molecule has 2 aromatic carbocycles. The van der Waals surface area contributed by atoms with Gasteiger partial charge in [0.2, 0.25) is 6.10 Å². The molecule has 0 fully saturated rings. The van der Waals surface area contributed by atoms with Crippen LogP contribution in [0.25, 0.3) is 6.08 Å². The minimum Gasteiger partial charge on any atom is -0.478 e. The molecule has 0 radical (unpaired) electrons. The molecule has 1 unspecified atom stereocenters. The summed E-state index contributed by atoms with van der Waals surface area (Å²) in [5.74, 6) is -1.63. The van der Waals surface area contributed by atoms with Crippen molar-refractivity contribution in [3.05, 3.63) is 59.2 Å². The van der Waals surface area contributed by atoms with Gasteiger partial charge in [0, 0.05) is 15.4 Å². The van der Waals surface area contributed by atoms with Crippen LogP contribution >= 0.6 is 11.8 Å². The Balaban J connectivity index is 2.05. The van der Waals surface area contributed by atoms with Gasteiger partial charge in [0.1, 0.15) is 5.75 Å². The van der Waals surface area contributed by atoms with Crippen LogP contribution in [-0.2, 0) is 4.79 Å². The number of aliphatic carboxylic acids is 1. The van der Waals surface area contributed by atoms with Gasteiger partial charge < -0.3 is 9.84 Å². The smallest absolute Gasteiger partial charge is 0.430 e. The zero-order chi connectivity index (χ0) is 18.2. The Kier molecular flexibility index (Phi) is 4.51. The molecular weight excluding hydrogens is 353 g/mol. The van der Waals surface area contributed by atoms with Crippen molar-refractivity contribution >= 4 is 23.8 Å². The highest BCUT2D eigenvalue weighted by Gasteiger charge is 2.48. The van der Waals surface area contributed by atoms with Crippen molar-refractivity contribution in [2.24, 2.45) is 0 Å². The van der Waals surface area contributed by atoms with Crippen LogP contribution in [0.15, 0.2) is 57.8 Å². The molecule has 3 rings (SSSR count). The van der Waals surface area contributed by atoms with Crippen molar-refractivity contribution in [1.82, 2.24) is 0 Å². The maximum Gasteiger partial charge on any atom is 0.430 e. The predicted octanol–water partition coefficient (Wildman–Crippen LogP) is 4.94. The molecule has 130 valence electrons. The number of carbonyl (C=O) groups is 1. The number of fused-ring (bicyclic) bond motifs is 1. The van der Waals surface area contributed by atoms with Crippen LogP contribution in [0.3, 0.4) is 0 Å². The average Bonchev–Trinajstić information content (AvgIpc) is 2.53. The monoisotopic (exact) mass is 366 g/mol. The molecule has 0 saturated carbocycles. The number of aryl methyl sites for hydroxylation is 1. The van der Waals surface area contributed by atoms with Crippen molar-refractivity contribution in [1.29, 1.82) is 0 Å². The highest BCUT2D eigenvalue weighted by molar-refractivity contribution is 7.99. The van der Waals surface area contributed by atoms with E-state index in [9.17, 15) is 18.0 Å². The summed E-state index contributed by atoms with van der Waals surface area (Å²) in [5, 5.41) is 9.16. The van der Waals surface area contributed by atoms with Gasteiger partial charge in [-0.3, -0.25) is 0 Å². The number of carboxylic acids is 1. The Morgan fingerprint density at radius 1 is 1.20 bits per heavy atom. The van der Waals surface area contributed by atoms with Gasteiger partial charge in [0.15, 0.2) is 0 Å². The van der Waals surface area contributed by atoms with Crippen molar-refractivity contribution < 1.29 is 27.8 Å². The third-order valence-corrected chi connectivity index (χ3v) is 4.68. The maximum absolute atomic E-state index is 13.1. The van der Waals surface area contributed by atoms with Crippen LogP contribution in [0.1, 0.15) is 11.1 Å². The Morgan fingerprint density at radius 3 is 2.56 bits per heavy atom. The summed E-state index contributed by atoms with van der Waals surface area (Å²) in [4.78, 5) is 12.8. The van der Waals surface area contributed by atoms with Crippen molar-refractivity contribution in [2.75, 3.05) is 0 Å². The first-order chi connectivity index (χ1) is 11.8. The SMILES string of the molecule is Cc1cccc(Sc2cccc3c2C=C(C(=O)O)C(C(F)(F)F)O3)c1. The van der Waals surface area contributed by atoms with E-state index in [-0.39, 0.29) is 5.75 Å². The predicted molar refractivity (Wildman–Crippen MR) is 87.8 cm³/mol. The number of carboxylic acid groups (broad SMARTS) is 1. The maximum atomic E-state index is 13.1. The molecule has 1 aliphatic heterocycles. The number of hydrogen-bond donors (Lipinski definition) is 1. The number of ether oxygens (including phenoxy) is 1. The molecule has 0 saturated heterocycles. The van der Waals surface area contributed by atoms with E-state index in [1.807, 2.05) is 31.2 Å². The average molecular weight is 366 g/mol. The fourth-order valence-corrected chi connectivity index (χ4v) is 3.56. The van der Waals surface area contributed by atoms with Crippen LogP contribution in [-0.4, -0.2) is 23.4 Å². The second-order valence-electron chi connectivity index (χ2n) is 5.53. The Labute approximate surface area is 146 Å². The Bertz CT molecular complexity index is 859. The van der Waals surface area contributed by atoms with Gasteiger partial charge in [0.05, 0.1) is 5.57 Å². The lowest BCUT2D eigenvalue weighted by molar-refractivity contribution is -0.187. The molecule has 0 spiro atoms. The molecular formula is C18H13F3O3S. The topological polar surface area (TPSA) is 46.5 Å². The molecule has 0 aliphatic carbocycles. The lowest BCUT2D eigenvalue weighted by Gasteiger charge is -2.27. The summed E-state index contributed by atoms with van der Waals surface area (Å²) >= 11 is 1.34. The van der Waals surface area contributed by atoms with E-state index in [2.05, 4.69) is 0 Å². The summed E-state index contributed by atoms with van der Waals surface area (Å²) in [5.41, 5.74) is 0.564. The molecule has 3 nitrogen and oxygen atoms in total. The zero-order valence-corrected chi connectivity index (χ0v) is 13.8. The normalized spacial score (nSPS) is 16.6. The molecule has 0 amide bonds. The summed E-state index contributed by atoms with van der Waals surface area (Å²) in [7, 11) is 0. The largest absolute Gasteiger partial charge is 0.478 e. The second-order valence-corrected chi connectivity index (χ2v) is 6.65.